The first-order valence-corrected chi connectivity index (χ1v) is 9.19. The normalized spacial score (nSPS) is 12.2. The molecule has 2 N–H and O–H groups in total. The van der Waals surface area contributed by atoms with Crippen molar-refractivity contribution < 1.29 is 9.59 Å². The Balaban J connectivity index is 2.04. The van der Waals surface area contributed by atoms with Crippen LogP contribution in [0.15, 0.2) is 47.6 Å². The van der Waals surface area contributed by atoms with Crippen molar-refractivity contribution in [1.82, 2.24) is 10.7 Å². The number of carbonyl (C=O) groups is 2. The van der Waals surface area contributed by atoms with Crippen molar-refractivity contribution in [2.24, 2.45) is 11.0 Å². The van der Waals surface area contributed by atoms with Gasteiger partial charge in [0, 0.05) is 16.1 Å². The minimum Gasteiger partial charge on any atom is -0.340 e. The molecule has 142 valence electrons. The van der Waals surface area contributed by atoms with Crippen molar-refractivity contribution in [3.63, 3.8) is 0 Å². The Morgan fingerprint density at radius 1 is 1.11 bits per heavy atom. The maximum absolute atomic E-state index is 12.5. The molecule has 2 rings (SSSR count). The van der Waals surface area contributed by atoms with Gasteiger partial charge in [0.25, 0.3) is 11.8 Å². The lowest BCUT2D eigenvalue weighted by Gasteiger charge is -2.20. The number of nitrogens with one attached hydrogen (secondary N) is 2. The van der Waals surface area contributed by atoms with E-state index in [1.807, 2.05) is 26.8 Å². The zero-order valence-corrected chi connectivity index (χ0v) is 16.8. The minimum atomic E-state index is -0.726. The van der Waals surface area contributed by atoms with E-state index in [0.717, 1.165) is 5.56 Å². The molecule has 0 aliphatic rings. The smallest absolute Gasteiger partial charge is 0.262 e. The quantitative estimate of drug-likeness (QED) is 0.558. The first-order valence-electron chi connectivity index (χ1n) is 8.43. The van der Waals surface area contributed by atoms with Gasteiger partial charge in [0.05, 0.1) is 11.2 Å². The molecule has 5 nitrogen and oxygen atoms in total. The molecule has 0 aliphatic carbocycles. The van der Waals surface area contributed by atoms with Crippen molar-refractivity contribution in [3.05, 3.63) is 69.2 Å². The van der Waals surface area contributed by atoms with Gasteiger partial charge in [0.15, 0.2) is 0 Å². The fraction of sp³-hybridized carbons (Fsp3) is 0.250. The highest BCUT2D eigenvalue weighted by molar-refractivity contribution is 6.36. The molecular weight excluding hydrogens is 385 g/mol. The Hall–Kier alpha value is -2.37. The third kappa shape index (κ3) is 6.08. The zero-order valence-electron chi connectivity index (χ0n) is 15.3. The lowest BCUT2D eigenvalue weighted by atomic mass is 10.0. The average molecular weight is 406 g/mol. The molecule has 27 heavy (non-hydrogen) atoms. The molecule has 0 aliphatic heterocycles. The average Bonchev–Trinajstić information content (AvgIpc) is 2.60. The van der Waals surface area contributed by atoms with E-state index in [9.17, 15) is 9.59 Å². The third-order valence-electron chi connectivity index (χ3n) is 3.86. The van der Waals surface area contributed by atoms with Crippen LogP contribution in [-0.2, 0) is 4.79 Å². The molecule has 0 spiro atoms. The van der Waals surface area contributed by atoms with Crippen LogP contribution in [0.1, 0.15) is 35.3 Å². The molecule has 7 heteroatoms. The van der Waals surface area contributed by atoms with Gasteiger partial charge in [0.1, 0.15) is 6.04 Å². The van der Waals surface area contributed by atoms with Crippen LogP contribution in [0.3, 0.4) is 0 Å². The second kappa shape index (κ2) is 9.53. The second-order valence-corrected chi connectivity index (χ2v) is 7.31. The van der Waals surface area contributed by atoms with E-state index < -0.39 is 11.9 Å². The van der Waals surface area contributed by atoms with Gasteiger partial charge in [-0.15, -0.1) is 0 Å². The maximum atomic E-state index is 12.5. The van der Waals surface area contributed by atoms with Crippen LogP contribution >= 0.6 is 23.2 Å². The van der Waals surface area contributed by atoms with Crippen LogP contribution in [0, 0.1) is 12.8 Å². The van der Waals surface area contributed by atoms with Gasteiger partial charge in [0.2, 0.25) is 0 Å². The summed E-state index contributed by atoms with van der Waals surface area (Å²) in [7, 11) is 0. The van der Waals surface area contributed by atoms with Crippen molar-refractivity contribution >= 4 is 41.2 Å². The van der Waals surface area contributed by atoms with E-state index in [2.05, 4.69) is 15.8 Å². The van der Waals surface area contributed by atoms with Crippen LogP contribution in [0.25, 0.3) is 0 Å². The molecule has 2 amide bonds. The SMILES string of the molecule is Cc1cccc(C(=O)NC(C(=O)N/N=C/c2ccc(Cl)cc2Cl)C(C)C)c1. The number of amides is 2. The van der Waals surface area contributed by atoms with E-state index in [1.165, 1.54) is 6.21 Å². The van der Waals surface area contributed by atoms with Crippen LogP contribution < -0.4 is 10.7 Å². The number of hydrogen-bond donors (Lipinski definition) is 2. The van der Waals surface area contributed by atoms with Gasteiger partial charge in [-0.25, -0.2) is 5.43 Å². The van der Waals surface area contributed by atoms with Crippen LogP contribution in [0.2, 0.25) is 10.0 Å². The Kier molecular flexibility index (Phi) is 7.39. The van der Waals surface area contributed by atoms with Gasteiger partial charge in [-0.2, -0.15) is 5.10 Å². The van der Waals surface area contributed by atoms with E-state index in [4.69, 9.17) is 23.2 Å². The summed E-state index contributed by atoms with van der Waals surface area (Å²) in [6, 6.07) is 11.4. The van der Waals surface area contributed by atoms with Crippen molar-refractivity contribution in [1.29, 1.82) is 0 Å². The number of hydrazone groups is 1. The number of halogens is 2. The van der Waals surface area contributed by atoms with Crippen LogP contribution in [0.5, 0.6) is 0 Å². The van der Waals surface area contributed by atoms with Gasteiger partial charge >= 0.3 is 0 Å². The Bertz CT molecular complexity index is 866. The maximum Gasteiger partial charge on any atom is 0.262 e. The predicted molar refractivity (Wildman–Crippen MR) is 109 cm³/mol. The van der Waals surface area contributed by atoms with E-state index >= 15 is 0 Å². The second-order valence-electron chi connectivity index (χ2n) is 6.46. The Morgan fingerprint density at radius 2 is 1.85 bits per heavy atom. The van der Waals surface area contributed by atoms with Crippen molar-refractivity contribution in [2.45, 2.75) is 26.8 Å². The molecule has 2 aromatic carbocycles. The highest BCUT2D eigenvalue weighted by Crippen LogP contribution is 2.19. The molecule has 0 heterocycles. The number of carbonyl (C=O) groups excluding carboxylic acids is 2. The third-order valence-corrected chi connectivity index (χ3v) is 4.42. The first-order chi connectivity index (χ1) is 12.8. The lowest BCUT2D eigenvalue weighted by Crippen LogP contribution is -2.48. The summed E-state index contributed by atoms with van der Waals surface area (Å²) < 4.78 is 0. The zero-order chi connectivity index (χ0) is 20.0. The fourth-order valence-corrected chi connectivity index (χ4v) is 2.84. The Morgan fingerprint density at radius 3 is 2.48 bits per heavy atom. The molecule has 1 unspecified atom stereocenters. The molecule has 0 fully saturated rings. The summed E-state index contributed by atoms with van der Waals surface area (Å²) in [6.07, 6.45) is 1.43. The monoisotopic (exact) mass is 405 g/mol. The van der Waals surface area contributed by atoms with Crippen LogP contribution in [0.4, 0.5) is 0 Å². The van der Waals surface area contributed by atoms with E-state index in [0.29, 0.717) is 21.2 Å². The molecule has 1 atom stereocenters. The molecular formula is C20H21Cl2N3O2. The lowest BCUT2D eigenvalue weighted by molar-refractivity contribution is -0.123. The van der Waals surface area contributed by atoms with Gasteiger partial charge < -0.3 is 5.32 Å². The number of rotatable bonds is 6. The first kappa shape index (κ1) is 20.9. The topological polar surface area (TPSA) is 70.6 Å². The number of benzene rings is 2. The molecule has 0 saturated carbocycles. The predicted octanol–water partition coefficient (Wildman–Crippen LogP) is 4.21. The summed E-state index contributed by atoms with van der Waals surface area (Å²) in [5, 5.41) is 7.62. The summed E-state index contributed by atoms with van der Waals surface area (Å²) in [6.45, 7) is 5.60. The highest BCUT2D eigenvalue weighted by Gasteiger charge is 2.24. The van der Waals surface area contributed by atoms with E-state index in [1.54, 1.807) is 36.4 Å². The number of aryl methyl sites for hydroxylation is 1. The summed E-state index contributed by atoms with van der Waals surface area (Å²) in [5.41, 5.74) is 4.54. The molecule has 0 bridgehead atoms. The standard InChI is InChI=1S/C20H21Cl2N3O2/c1-12(2)18(24-19(26)14-6-4-5-13(3)9-14)20(27)25-23-11-15-7-8-16(21)10-17(15)22/h4-12,18H,1-3H3,(H,24,26)(H,25,27)/b23-11+. The fourth-order valence-electron chi connectivity index (χ4n) is 2.39. The molecule has 2 aromatic rings. The molecule has 0 aromatic heterocycles. The Labute approximate surface area is 168 Å². The van der Waals surface area contributed by atoms with Gasteiger partial charge in [-0.3, -0.25) is 9.59 Å². The largest absolute Gasteiger partial charge is 0.340 e. The van der Waals surface area contributed by atoms with E-state index in [-0.39, 0.29) is 11.8 Å². The number of hydrogen-bond acceptors (Lipinski definition) is 3. The minimum absolute atomic E-state index is 0.118. The molecule has 0 radical (unpaired) electrons. The summed E-state index contributed by atoms with van der Waals surface area (Å²) in [5.74, 6) is -0.835. The molecule has 0 saturated heterocycles. The summed E-state index contributed by atoms with van der Waals surface area (Å²) in [4.78, 5) is 24.9. The van der Waals surface area contributed by atoms with Crippen molar-refractivity contribution in [3.8, 4) is 0 Å². The van der Waals surface area contributed by atoms with Crippen LogP contribution in [-0.4, -0.2) is 24.1 Å². The summed E-state index contributed by atoms with van der Waals surface area (Å²) >= 11 is 11.9. The van der Waals surface area contributed by atoms with Gasteiger partial charge in [-0.1, -0.05) is 60.8 Å². The van der Waals surface area contributed by atoms with Crippen molar-refractivity contribution in [2.75, 3.05) is 0 Å². The number of nitrogens with zero attached hydrogens (tertiary/aromatic N) is 1. The van der Waals surface area contributed by atoms with Gasteiger partial charge in [-0.05, 0) is 37.1 Å². The highest BCUT2D eigenvalue weighted by atomic mass is 35.5.